The van der Waals surface area contributed by atoms with Gasteiger partial charge in [0, 0.05) is 25.3 Å². The van der Waals surface area contributed by atoms with Crippen molar-refractivity contribution in [2.75, 3.05) is 19.7 Å². The standard InChI is InChI=1S/C19H22FNO3/c1-2-19(13-22)9-11-21(12-10-19)18(23)17-8-7-16(24-17)14-3-5-15(20)6-4-14/h3-8,22H,2,9-13H2,1H3. The lowest BCUT2D eigenvalue weighted by molar-refractivity contribution is 0.0321. The predicted molar refractivity (Wildman–Crippen MR) is 89.0 cm³/mol. The number of likely N-dealkylation sites (tertiary alicyclic amines) is 1. The first kappa shape index (κ1) is 16.7. The van der Waals surface area contributed by atoms with E-state index in [2.05, 4.69) is 6.92 Å². The molecule has 1 N–H and O–H groups in total. The van der Waals surface area contributed by atoms with E-state index in [0.29, 0.717) is 24.6 Å². The minimum atomic E-state index is -0.307. The van der Waals surface area contributed by atoms with Crippen LogP contribution in [0, 0.1) is 11.2 Å². The number of nitrogens with zero attached hydrogens (tertiary/aromatic N) is 1. The largest absolute Gasteiger partial charge is 0.451 e. The molecule has 1 saturated heterocycles. The fourth-order valence-corrected chi connectivity index (χ4v) is 3.19. The molecule has 0 atom stereocenters. The van der Waals surface area contributed by atoms with Crippen LogP contribution < -0.4 is 0 Å². The number of benzene rings is 1. The molecule has 4 nitrogen and oxygen atoms in total. The van der Waals surface area contributed by atoms with E-state index in [1.54, 1.807) is 29.2 Å². The number of halogens is 1. The van der Waals surface area contributed by atoms with Gasteiger partial charge in [-0.1, -0.05) is 6.92 Å². The van der Waals surface area contributed by atoms with E-state index in [1.807, 2.05) is 0 Å². The van der Waals surface area contributed by atoms with Crippen molar-refractivity contribution in [1.82, 2.24) is 4.90 Å². The van der Waals surface area contributed by atoms with Crippen molar-refractivity contribution in [2.24, 2.45) is 5.41 Å². The molecule has 1 aliphatic heterocycles. The Hall–Kier alpha value is -2.14. The van der Waals surface area contributed by atoms with E-state index in [1.165, 1.54) is 12.1 Å². The van der Waals surface area contributed by atoms with Gasteiger partial charge in [-0.3, -0.25) is 4.79 Å². The number of hydrogen-bond donors (Lipinski definition) is 1. The van der Waals surface area contributed by atoms with Gasteiger partial charge >= 0.3 is 0 Å². The van der Waals surface area contributed by atoms with Crippen LogP contribution in [0.5, 0.6) is 0 Å². The van der Waals surface area contributed by atoms with Gasteiger partial charge in [0.25, 0.3) is 5.91 Å². The third kappa shape index (κ3) is 3.22. The third-order valence-corrected chi connectivity index (χ3v) is 5.14. The van der Waals surface area contributed by atoms with Crippen LogP contribution in [-0.4, -0.2) is 35.6 Å². The molecule has 1 aromatic carbocycles. The van der Waals surface area contributed by atoms with Crippen molar-refractivity contribution in [2.45, 2.75) is 26.2 Å². The lowest BCUT2D eigenvalue weighted by atomic mass is 9.77. The number of piperidine rings is 1. The Morgan fingerprint density at radius 1 is 1.21 bits per heavy atom. The Bertz CT molecular complexity index is 694. The van der Waals surface area contributed by atoms with E-state index in [9.17, 15) is 14.3 Å². The molecule has 1 aliphatic rings. The molecule has 1 aromatic heterocycles. The van der Waals surface area contributed by atoms with Crippen LogP contribution in [0.4, 0.5) is 4.39 Å². The highest BCUT2D eigenvalue weighted by atomic mass is 19.1. The summed E-state index contributed by atoms with van der Waals surface area (Å²) in [7, 11) is 0. The number of carbonyl (C=O) groups is 1. The highest BCUT2D eigenvalue weighted by molar-refractivity contribution is 5.92. The summed E-state index contributed by atoms with van der Waals surface area (Å²) in [6.07, 6.45) is 2.52. The van der Waals surface area contributed by atoms with Gasteiger partial charge in [-0.2, -0.15) is 0 Å². The summed E-state index contributed by atoms with van der Waals surface area (Å²) in [6, 6.07) is 9.37. The molecule has 0 saturated carbocycles. The molecular weight excluding hydrogens is 309 g/mol. The lowest BCUT2D eigenvalue weighted by Gasteiger charge is -2.39. The van der Waals surface area contributed by atoms with Crippen LogP contribution in [0.2, 0.25) is 0 Å². The molecule has 5 heteroatoms. The smallest absolute Gasteiger partial charge is 0.289 e. The fraction of sp³-hybridized carbons (Fsp3) is 0.421. The zero-order valence-corrected chi connectivity index (χ0v) is 13.8. The van der Waals surface area contributed by atoms with Gasteiger partial charge in [0.15, 0.2) is 5.76 Å². The van der Waals surface area contributed by atoms with Crippen LogP contribution in [0.3, 0.4) is 0 Å². The quantitative estimate of drug-likeness (QED) is 0.929. The zero-order chi connectivity index (χ0) is 17.2. The lowest BCUT2D eigenvalue weighted by Crippen LogP contribution is -2.44. The second-order valence-electron chi connectivity index (χ2n) is 6.47. The molecule has 1 fully saturated rings. The normalized spacial score (nSPS) is 17.0. The topological polar surface area (TPSA) is 53.7 Å². The number of carbonyl (C=O) groups excluding carboxylic acids is 1. The molecule has 0 unspecified atom stereocenters. The number of aliphatic hydroxyl groups excluding tert-OH is 1. The molecule has 128 valence electrons. The molecule has 3 rings (SSSR count). The maximum Gasteiger partial charge on any atom is 0.289 e. The average Bonchev–Trinajstić information content (AvgIpc) is 3.12. The number of rotatable bonds is 4. The Balaban J connectivity index is 1.69. The van der Waals surface area contributed by atoms with Gasteiger partial charge in [-0.25, -0.2) is 4.39 Å². The monoisotopic (exact) mass is 331 g/mol. The SMILES string of the molecule is CCC1(CO)CCN(C(=O)c2ccc(-c3ccc(F)cc3)o2)CC1. The molecule has 0 bridgehead atoms. The minimum absolute atomic E-state index is 0.0563. The minimum Gasteiger partial charge on any atom is -0.451 e. The molecule has 2 aromatic rings. The van der Waals surface area contributed by atoms with Crippen LogP contribution in [0.1, 0.15) is 36.7 Å². The molecule has 2 heterocycles. The van der Waals surface area contributed by atoms with E-state index in [0.717, 1.165) is 24.8 Å². The molecule has 0 spiro atoms. The second-order valence-corrected chi connectivity index (χ2v) is 6.47. The summed E-state index contributed by atoms with van der Waals surface area (Å²) in [5.41, 5.74) is 0.679. The van der Waals surface area contributed by atoms with E-state index >= 15 is 0 Å². The first-order chi connectivity index (χ1) is 11.6. The molecule has 1 amide bonds. The summed E-state index contributed by atoms with van der Waals surface area (Å²) in [4.78, 5) is 14.4. The Morgan fingerprint density at radius 3 is 2.46 bits per heavy atom. The molecule has 0 radical (unpaired) electrons. The Kier molecular flexibility index (Phi) is 4.71. The number of amides is 1. The third-order valence-electron chi connectivity index (χ3n) is 5.14. The maximum absolute atomic E-state index is 13.0. The summed E-state index contributed by atoms with van der Waals surface area (Å²) >= 11 is 0. The van der Waals surface area contributed by atoms with Gasteiger partial charge in [0.05, 0.1) is 0 Å². The van der Waals surface area contributed by atoms with Crippen molar-refractivity contribution in [1.29, 1.82) is 0 Å². The predicted octanol–water partition coefficient (Wildman–Crippen LogP) is 3.71. The summed E-state index contributed by atoms with van der Waals surface area (Å²) in [5.74, 6) is 0.403. The molecular formula is C19H22FNO3. The van der Waals surface area contributed by atoms with Crippen LogP contribution in [0.25, 0.3) is 11.3 Å². The maximum atomic E-state index is 13.0. The molecule has 24 heavy (non-hydrogen) atoms. The van der Waals surface area contributed by atoms with Crippen LogP contribution >= 0.6 is 0 Å². The number of aliphatic hydroxyl groups is 1. The summed E-state index contributed by atoms with van der Waals surface area (Å²) in [6.45, 7) is 3.50. The van der Waals surface area contributed by atoms with Crippen molar-refractivity contribution in [3.05, 3.63) is 48.0 Å². The van der Waals surface area contributed by atoms with Crippen LogP contribution in [0.15, 0.2) is 40.8 Å². The summed E-state index contributed by atoms with van der Waals surface area (Å²) in [5, 5.41) is 9.58. The Labute approximate surface area is 140 Å². The van der Waals surface area contributed by atoms with Crippen molar-refractivity contribution in [3.63, 3.8) is 0 Å². The summed E-state index contributed by atoms with van der Waals surface area (Å²) < 4.78 is 18.7. The van der Waals surface area contributed by atoms with E-state index in [-0.39, 0.29) is 23.7 Å². The van der Waals surface area contributed by atoms with Crippen molar-refractivity contribution >= 4 is 5.91 Å². The number of hydrogen-bond acceptors (Lipinski definition) is 3. The van der Waals surface area contributed by atoms with Crippen molar-refractivity contribution < 1.29 is 18.7 Å². The first-order valence-corrected chi connectivity index (χ1v) is 8.33. The number of furan rings is 1. The van der Waals surface area contributed by atoms with E-state index < -0.39 is 0 Å². The Morgan fingerprint density at radius 2 is 1.88 bits per heavy atom. The average molecular weight is 331 g/mol. The highest BCUT2D eigenvalue weighted by Crippen LogP contribution is 2.35. The van der Waals surface area contributed by atoms with Gasteiger partial charge in [-0.15, -0.1) is 0 Å². The van der Waals surface area contributed by atoms with Crippen LogP contribution in [-0.2, 0) is 0 Å². The van der Waals surface area contributed by atoms with Gasteiger partial charge in [-0.05, 0) is 61.1 Å². The van der Waals surface area contributed by atoms with E-state index in [4.69, 9.17) is 4.42 Å². The fourth-order valence-electron chi connectivity index (χ4n) is 3.19. The van der Waals surface area contributed by atoms with Crippen molar-refractivity contribution in [3.8, 4) is 11.3 Å². The zero-order valence-electron chi connectivity index (χ0n) is 13.8. The highest BCUT2D eigenvalue weighted by Gasteiger charge is 2.34. The van der Waals surface area contributed by atoms with Gasteiger partial charge in [0.1, 0.15) is 11.6 Å². The first-order valence-electron chi connectivity index (χ1n) is 8.33. The van der Waals surface area contributed by atoms with Gasteiger partial charge in [0.2, 0.25) is 0 Å². The molecule has 0 aliphatic carbocycles. The van der Waals surface area contributed by atoms with Gasteiger partial charge < -0.3 is 14.4 Å². The second kappa shape index (κ2) is 6.77.